The van der Waals surface area contributed by atoms with Crippen molar-refractivity contribution in [2.24, 2.45) is 0 Å². The highest BCUT2D eigenvalue weighted by Gasteiger charge is 2.14. The third kappa shape index (κ3) is 5.79. The second-order valence-corrected chi connectivity index (χ2v) is 9.09. The van der Waals surface area contributed by atoms with E-state index >= 15 is 0 Å². The van der Waals surface area contributed by atoms with Gasteiger partial charge in [0.1, 0.15) is 0 Å². The summed E-state index contributed by atoms with van der Waals surface area (Å²) in [7, 11) is -1.17. The molecule has 0 aromatic heterocycles. The van der Waals surface area contributed by atoms with Crippen molar-refractivity contribution < 1.29 is 8.42 Å². The molecule has 0 unspecified atom stereocenters. The van der Waals surface area contributed by atoms with Gasteiger partial charge in [0.25, 0.3) is 0 Å². The summed E-state index contributed by atoms with van der Waals surface area (Å²) in [4.78, 5) is 4.74. The smallest absolute Gasteiger partial charge is 0.215 e. The number of likely N-dealkylation sites (N-methyl/N-ethyl adjacent to an activating group) is 1. The van der Waals surface area contributed by atoms with Crippen molar-refractivity contribution in [3.8, 4) is 0 Å². The first-order chi connectivity index (χ1) is 12.9. The van der Waals surface area contributed by atoms with Crippen LogP contribution >= 0.6 is 0 Å². The summed E-state index contributed by atoms with van der Waals surface area (Å²) in [6, 6.07) is 16.1. The van der Waals surface area contributed by atoms with E-state index in [9.17, 15) is 8.42 Å². The molecular formula is C21H29N3O2S. The van der Waals surface area contributed by atoms with Crippen LogP contribution in [0.25, 0.3) is 0 Å². The Morgan fingerprint density at radius 2 is 1.63 bits per heavy atom. The van der Waals surface area contributed by atoms with E-state index in [1.165, 1.54) is 5.69 Å². The van der Waals surface area contributed by atoms with Crippen LogP contribution < -0.4 is 9.62 Å². The molecule has 5 nitrogen and oxygen atoms in total. The van der Waals surface area contributed by atoms with E-state index in [0.29, 0.717) is 13.0 Å². The normalized spacial score (nSPS) is 15.9. The van der Waals surface area contributed by atoms with Gasteiger partial charge in [0.15, 0.2) is 0 Å². The number of nitrogens with zero attached hydrogens (tertiary/aromatic N) is 2. The van der Waals surface area contributed by atoms with Gasteiger partial charge in [0.05, 0.1) is 5.75 Å². The largest absolute Gasteiger partial charge is 0.369 e. The molecule has 0 radical (unpaired) electrons. The molecule has 1 aliphatic rings. The Labute approximate surface area is 163 Å². The fourth-order valence-electron chi connectivity index (χ4n) is 3.32. The average molecular weight is 388 g/mol. The number of anilines is 1. The third-order valence-corrected chi connectivity index (χ3v) is 6.48. The van der Waals surface area contributed by atoms with Gasteiger partial charge in [0.2, 0.25) is 10.0 Å². The molecule has 0 amide bonds. The van der Waals surface area contributed by atoms with Gasteiger partial charge in [-0.05, 0) is 49.2 Å². The minimum absolute atomic E-state index is 0.0298. The van der Waals surface area contributed by atoms with Gasteiger partial charge in [-0.1, -0.05) is 36.4 Å². The highest BCUT2D eigenvalue weighted by Crippen LogP contribution is 2.17. The molecule has 1 saturated heterocycles. The topological polar surface area (TPSA) is 52.7 Å². The minimum atomic E-state index is -3.32. The van der Waals surface area contributed by atoms with Crippen molar-refractivity contribution in [1.82, 2.24) is 9.62 Å². The molecular weight excluding hydrogens is 358 g/mol. The Kier molecular flexibility index (Phi) is 6.52. The molecule has 1 aliphatic heterocycles. The average Bonchev–Trinajstić information content (AvgIpc) is 2.65. The molecule has 27 heavy (non-hydrogen) atoms. The molecule has 6 heteroatoms. The predicted molar refractivity (Wildman–Crippen MR) is 112 cm³/mol. The van der Waals surface area contributed by atoms with Gasteiger partial charge in [-0.3, -0.25) is 0 Å². The number of nitrogens with one attached hydrogen (secondary N) is 1. The highest BCUT2D eigenvalue weighted by atomic mass is 32.2. The Morgan fingerprint density at radius 3 is 2.30 bits per heavy atom. The fraction of sp³-hybridized carbons (Fsp3) is 0.429. The summed E-state index contributed by atoms with van der Waals surface area (Å²) in [6.07, 6.45) is 0.690. The van der Waals surface area contributed by atoms with Gasteiger partial charge >= 0.3 is 0 Å². The molecule has 2 aromatic carbocycles. The van der Waals surface area contributed by atoms with E-state index in [-0.39, 0.29) is 5.75 Å². The molecule has 2 aromatic rings. The lowest BCUT2D eigenvalue weighted by molar-refractivity contribution is 0.313. The van der Waals surface area contributed by atoms with Gasteiger partial charge < -0.3 is 9.80 Å². The zero-order valence-corrected chi connectivity index (χ0v) is 17.0. The van der Waals surface area contributed by atoms with Crippen molar-refractivity contribution in [3.05, 3.63) is 65.2 Å². The lowest BCUT2D eigenvalue weighted by Crippen LogP contribution is -2.44. The zero-order valence-electron chi connectivity index (χ0n) is 16.2. The summed E-state index contributed by atoms with van der Waals surface area (Å²) in [5.41, 5.74) is 4.24. The Bertz CT molecular complexity index is 842. The lowest BCUT2D eigenvalue weighted by atomic mass is 10.1. The second-order valence-electron chi connectivity index (χ2n) is 7.29. The summed E-state index contributed by atoms with van der Waals surface area (Å²) in [5, 5.41) is 0. The molecule has 1 fully saturated rings. The van der Waals surface area contributed by atoms with E-state index in [0.717, 1.165) is 42.9 Å². The minimum Gasteiger partial charge on any atom is -0.369 e. The van der Waals surface area contributed by atoms with E-state index in [1.807, 2.05) is 31.2 Å². The number of benzene rings is 2. The third-order valence-electron chi connectivity index (χ3n) is 5.15. The van der Waals surface area contributed by atoms with Gasteiger partial charge in [-0.15, -0.1) is 0 Å². The van der Waals surface area contributed by atoms with Crippen LogP contribution in [0.1, 0.15) is 16.7 Å². The second kappa shape index (κ2) is 8.87. The predicted octanol–water partition coefficient (Wildman–Crippen LogP) is 2.41. The van der Waals surface area contributed by atoms with Crippen molar-refractivity contribution in [2.45, 2.75) is 19.1 Å². The summed E-state index contributed by atoms with van der Waals surface area (Å²) >= 11 is 0. The van der Waals surface area contributed by atoms with Crippen LogP contribution in [0.5, 0.6) is 0 Å². The lowest BCUT2D eigenvalue weighted by Gasteiger charge is -2.34. The van der Waals surface area contributed by atoms with Crippen molar-refractivity contribution in [2.75, 3.05) is 44.7 Å². The monoisotopic (exact) mass is 387 g/mol. The molecule has 0 aliphatic carbocycles. The Balaban J connectivity index is 1.49. The maximum atomic E-state index is 12.3. The highest BCUT2D eigenvalue weighted by molar-refractivity contribution is 7.88. The molecule has 1 N–H and O–H groups in total. The molecule has 0 atom stereocenters. The number of aryl methyl sites for hydroxylation is 1. The number of rotatable bonds is 7. The molecule has 3 rings (SSSR count). The van der Waals surface area contributed by atoms with Gasteiger partial charge in [-0.25, -0.2) is 13.1 Å². The molecule has 0 bridgehead atoms. The number of hydrogen-bond donors (Lipinski definition) is 1. The molecule has 0 spiro atoms. The summed E-state index contributed by atoms with van der Waals surface area (Å²) in [5.74, 6) is 0.0298. The van der Waals surface area contributed by atoms with Crippen LogP contribution in [0, 0.1) is 6.92 Å². The Morgan fingerprint density at radius 1 is 0.963 bits per heavy atom. The quantitative estimate of drug-likeness (QED) is 0.793. The van der Waals surface area contributed by atoms with E-state index in [2.05, 4.69) is 45.8 Å². The number of hydrogen-bond acceptors (Lipinski definition) is 4. The van der Waals surface area contributed by atoms with Crippen LogP contribution in [0.15, 0.2) is 48.5 Å². The van der Waals surface area contributed by atoms with Crippen LogP contribution in [0.2, 0.25) is 0 Å². The first-order valence-electron chi connectivity index (χ1n) is 9.47. The van der Waals surface area contributed by atoms with Crippen LogP contribution in [0.4, 0.5) is 5.69 Å². The summed E-state index contributed by atoms with van der Waals surface area (Å²) in [6.45, 7) is 6.63. The first kappa shape index (κ1) is 19.9. The standard InChI is InChI=1S/C21H29N3O2S/c1-18-5-3-4-6-20(18)17-27(25,26)22-12-11-19-7-9-21(10-8-19)24-15-13-23(2)14-16-24/h3-10,22H,11-17H2,1-2H3. The van der Waals surface area contributed by atoms with Gasteiger partial charge in [-0.2, -0.15) is 0 Å². The van der Waals surface area contributed by atoms with Crippen molar-refractivity contribution >= 4 is 15.7 Å². The summed E-state index contributed by atoms with van der Waals surface area (Å²) < 4.78 is 27.3. The SMILES string of the molecule is Cc1ccccc1CS(=O)(=O)NCCc1ccc(N2CCN(C)CC2)cc1. The maximum absolute atomic E-state index is 12.3. The molecule has 0 saturated carbocycles. The number of sulfonamides is 1. The van der Waals surface area contributed by atoms with Crippen LogP contribution in [-0.2, 0) is 22.2 Å². The Hall–Kier alpha value is -1.89. The first-order valence-corrected chi connectivity index (χ1v) is 11.1. The van der Waals surface area contributed by atoms with E-state index in [1.54, 1.807) is 0 Å². The number of piperazine rings is 1. The van der Waals surface area contributed by atoms with Crippen molar-refractivity contribution in [1.29, 1.82) is 0 Å². The van der Waals surface area contributed by atoms with E-state index in [4.69, 9.17) is 0 Å². The van der Waals surface area contributed by atoms with Gasteiger partial charge in [0, 0.05) is 38.4 Å². The molecule has 1 heterocycles. The zero-order chi connectivity index (χ0) is 19.3. The molecule has 146 valence electrons. The maximum Gasteiger partial charge on any atom is 0.215 e. The fourth-order valence-corrected chi connectivity index (χ4v) is 4.57. The van der Waals surface area contributed by atoms with Crippen molar-refractivity contribution in [3.63, 3.8) is 0 Å². The van der Waals surface area contributed by atoms with Crippen LogP contribution in [0.3, 0.4) is 0 Å². The van der Waals surface area contributed by atoms with E-state index < -0.39 is 10.0 Å². The van der Waals surface area contributed by atoms with Crippen LogP contribution in [-0.4, -0.2) is 53.1 Å².